The van der Waals surface area contributed by atoms with E-state index in [0.29, 0.717) is 0 Å². The highest BCUT2D eigenvalue weighted by atomic mass is 19.1. The van der Waals surface area contributed by atoms with Crippen LogP contribution in [0.2, 0.25) is 0 Å². The van der Waals surface area contributed by atoms with Crippen molar-refractivity contribution in [2.45, 2.75) is 0 Å². The molecular weight excluding hydrogens is 171 g/mol. The van der Waals surface area contributed by atoms with E-state index < -0.39 is 17.8 Å². The van der Waals surface area contributed by atoms with E-state index in [0.717, 1.165) is 6.08 Å². The molecule has 0 spiro atoms. The van der Waals surface area contributed by atoms with E-state index in [4.69, 9.17) is 0 Å². The quantitative estimate of drug-likeness (QED) is 0.356. The fourth-order valence-electron chi connectivity index (χ4n) is 0.161. The Morgan fingerprint density at radius 2 is 1.92 bits per heavy atom. The molecule has 0 N–H and O–H groups in total. The standard InChI is InChI=1S/C6H5FO5/c1-3-5(8)10-12-11-6(9)4(2)7/h3H,1-2H2. The predicted octanol–water partition coefficient (Wildman–Crippen LogP) is 0.589. The molecule has 0 aromatic rings. The molecule has 0 aliphatic rings. The summed E-state index contributed by atoms with van der Waals surface area (Å²) in [5, 5.41) is 3.54. The van der Waals surface area contributed by atoms with Gasteiger partial charge < -0.3 is 0 Å². The third-order valence-electron chi connectivity index (χ3n) is 0.614. The van der Waals surface area contributed by atoms with Gasteiger partial charge in [-0.05, 0) is 0 Å². The molecule has 0 radical (unpaired) electrons. The normalized spacial score (nSPS) is 8.42. The molecule has 0 aliphatic heterocycles. The summed E-state index contributed by atoms with van der Waals surface area (Å²) >= 11 is 0. The summed E-state index contributed by atoms with van der Waals surface area (Å²) in [4.78, 5) is 27.6. The van der Waals surface area contributed by atoms with Gasteiger partial charge in [0.1, 0.15) is 0 Å². The molecule has 0 heterocycles. The first kappa shape index (κ1) is 10.3. The van der Waals surface area contributed by atoms with E-state index in [1.165, 1.54) is 0 Å². The maximum absolute atomic E-state index is 11.8. The zero-order valence-corrected chi connectivity index (χ0v) is 5.91. The molecule has 0 rings (SSSR count). The minimum Gasteiger partial charge on any atom is -0.255 e. The summed E-state index contributed by atoms with van der Waals surface area (Å²) in [6.07, 6.45) is 0.762. The second kappa shape index (κ2) is 5.03. The maximum atomic E-state index is 11.8. The lowest BCUT2D eigenvalue weighted by atomic mass is 10.6. The van der Waals surface area contributed by atoms with Crippen LogP contribution in [0.1, 0.15) is 0 Å². The van der Waals surface area contributed by atoms with E-state index in [2.05, 4.69) is 28.0 Å². The minimum atomic E-state index is -1.48. The van der Waals surface area contributed by atoms with E-state index in [1.807, 2.05) is 0 Å². The Hall–Kier alpha value is -1.69. The van der Waals surface area contributed by atoms with Gasteiger partial charge in [0.25, 0.3) is 0 Å². The molecule has 66 valence electrons. The van der Waals surface area contributed by atoms with Gasteiger partial charge in [-0.15, -0.1) is 0 Å². The van der Waals surface area contributed by atoms with E-state index in [1.54, 1.807) is 0 Å². The largest absolute Gasteiger partial charge is 0.404 e. The van der Waals surface area contributed by atoms with Gasteiger partial charge in [-0.1, -0.05) is 13.2 Å². The van der Waals surface area contributed by atoms with Crippen LogP contribution < -0.4 is 0 Å². The van der Waals surface area contributed by atoms with Crippen LogP contribution in [0, 0.1) is 0 Å². The van der Waals surface area contributed by atoms with Crippen molar-refractivity contribution in [2.24, 2.45) is 0 Å². The number of carbonyl (C=O) groups excluding carboxylic acids is 2. The summed E-state index contributed by atoms with van der Waals surface area (Å²) < 4.78 is 11.8. The van der Waals surface area contributed by atoms with Crippen molar-refractivity contribution in [3.8, 4) is 0 Å². The third-order valence-corrected chi connectivity index (χ3v) is 0.614. The molecule has 5 nitrogen and oxygen atoms in total. The summed E-state index contributed by atoms with van der Waals surface area (Å²) in [6, 6.07) is 0. The van der Waals surface area contributed by atoms with E-state index >= 15 is 0 Å². The summed E-state index contributed by atoms with van der Waals surface area (Å²) in [5.74, 6) is -3.83. The molecule has 0 bridgehead atoms. The van der Waals surface area contributed by atoms with Gasteiger partial charge in [0, 0.05) is 11.1 Å². The van der Waals surface area contributed by atoms with Gasteiger partial charge in [-0.3, -0.25) is 9.78 Å². The van der Waals surface area contributed by atoms with Crippen LogP contribution in [0.4, 0.5) is 4.39 Å². The van der Waals surface area contributed by atoms with Gasteiger partial charge in [0.15, 0.2) is 0 Å². The SMILES string of the molecule is C=CC(=O)OOOC(=O)C(=C)F. The first-order chi connectivity index (χ1) is 5.57. The second-order valence-corrected chi connectivity index (χ2v) is 1.45. The number of rotatable bonds is 4. The van der Waals surface area contributed by atoms with Gasteiger partial charge in [-0.25, -0.2) is 9.59 Å². The van der Waals surface area contributed by atoms with Crippen LogP contribution in [0.5, 0.6) is 0 Å². The molecule has 0 unspecified atom stereocenters. The second-order valence-electron chi connectivity index (χ2n) is 1.45. The molecule has 0 aliphatic carbocycles. The van der Waals surface area contributed by atoms with Crippen LogP contribution in [0.3, 0.4) is 0 Å². The predicted molar refractivity (Wildman–Crippen MR) is 33.7 cm³/mol. The monoisotopic (exact) mass is 176 g/mol. The Morgan fingerprint density at radius 1 is 1.33 bits per heavy atom. The van der Waals surface area contributed by atoms with Crippen molar-refractivity contribution in [3.05, 3.63) is 25.1 Å². The fourth-order valence-corrected chi connectivity index (χ4v) is 0.161. The van der Waals surface area contributed by atoms with Crippen molar-refractivity contribution in [3.63, 3.8) is 0 Å². The average Bonchev–Trinajstić information content (AvgIpc) is 2.03. The zero-order chi connectivity index (χ0) is 9.56. The van der Waals surface area contributed by atoms with Gasteiger partial charge in [0.05, 0.1) is 0 Å². The number of hydrogen-bond donors (Lipinski definition) is 0. The lowest BCUT2D eigenvalue weighted by Crippen LogP contribution is -2.08. The first-order valence-electron chi connectivity index (χ1n) is 2.64. The zero-order valence-electron chi connectivity index (χ0n) is 5.91. The fraction of sp³-hybridized carbons (Fsp3) is 0. The van der Waals surface area contributed by atoms with Gasteiger partial charge in [-0.2, -0.15) is 4.39 Å². The van der Waals surface area contributed by atoms with Crippen molar-refractivity contribution in [1.82, 2.24) is 0 Å². The lowest BCUT2D eigenvalue weighted by molar-refractivity contribution is -0.456. The lowest BCUT2D eigenvalue weighted by Gasteiger charge is -1.96. The van der Waals surface area contributed by atoms with Crippen LogP contribution >= 0.6 is 0 Å². The molecule has 0 aromatic heterocycles. The summed E-state index contributed by atoms with van der Waals surface area (Å²) in [7, 11) is 0. The average molecular weight is 176 g/mol. The minimum absolute atomic E-state index is 0.762. The Morgan fingerprint density at radius 3 is 2.33 bits per heavy atom. The summed E-state index contributed by atoms with van der Waals surface area (Å²) in [5.41, 5.74) is 0. The highest BCUT2D eigenvalue weighted by Gasteiger charge is 2.09. The number of carbonyl (C=O) groups is 2. The Balaban J connectivity index is 3.57. The third kappa shape index (κ3) is 4.18. The molecule has 0 fully saturated rings. The van der Waals surface area contributed by atoms with E-state index in [9.17, 15) is 14.0 Å². The topological polar surface area (TPSA) is 61.8 Å². The molecule has 0 atom stereocenters. The molecule has 12 heavy (non-hydrogen) atoms. The first-order valence-corrected chi connectivity index (χ1v) is 2.64. The molecule has 0 saturated carbocycles. The van der Waals surface area contributed by atoms with Crippen molar-refractivity contribution in [2.75, 3.05) is 0 Å². The van der Waals surface area contributed by atoms with Crippen LogP contribution in [0.25, 0.3) is 0 Å². The highest BCUT2D eigenvalue weighted by Crippen LogP contribution is 1.96. The highest BCUT2D eigenvalue weighted by molar-refractivity contribution is 5.84. The van der Waals surface area contributed by atoms with Gasteiger partial charge in [0.2, 0.25) is 5.83 Å². The number of halogens is 1. The van der Waals surface area contributed by atoms with Crippen LogP contribution in [0.15, 0.2) is 25.1 Å². The molecule has 6 heteroatoms. The smallest absolute Gasteiger partial charge is 0.255 e. The molecule has 0 aromatic carbocycles. The van der Waals surface area contributed by atoms with Crippen molar-refractivity contribution >= 4 is 11.9 Å². The van der Waals surface area contributed by atoms with Crippen LogP contribution in [-0.4, -0.2) is 11.9 Å². The van der Waals surface area contributed by atoms with Crippen molar-refractivity contribution < 1.29 is 28.8 Å². The van der Waals surface area contributed by atoms with E-state index in [-0.39, 0.29) is 0 Å². The molecule has 0 amide bonds. The Bertz CT molecular complexity index is 222. The van der Waals surface area contributed by atoms with Crippen molar-refractivity contribution in [1.29, 1.82) is 0 Å². The van der Waals surface area contributed by atoms with Crippen LogP contribution in [-0.2, 0) is 24.4 Å². The maximum Gasteiger partial charge on any atom is 0.404 e. The molecule has 0 saturated heterocycles. The Kier molecular flexibility index (Phi) is 4.32. The Labute approximate surface area is 66.9 Å². The van der Waals surface area contributed by atoms with Gasteiger partial charge >= 0.3 is 11.9 Å². The summed E-state index contributed by atoms with van der Waals surface area (Å²) in [6.45, 7) is 5.60. The molecular formula is C6H5FO5. The number of hydrogen-bond acceptors (Lipinski definition) is 5.